The molecule has 0 aromatic rings. The molecule has 2 rings (SSSR count). The van der Waals surface area contributed by atoms with E-state index in [1.807, 2.05) is 20.8 Å². The molecule has 2 bridgehead atoms. The fourth-order valence-electron chi connectivity index (χ4n) is 2.62. The zero-order chi connectivity index (χ0) is 13.5. The highest BCUT2D eigenvalue weighted by Crippen LogP contribution is 2.29. The predicted molar refractivity (Wildman–Crippen MR) is 64.7 cm³/mol. The van der Waals surface area contributed by atoms with Gasteiger partial charge < -0.3 is 9.84 Å². The lowest BCUT2D eigenvalue weighted by atomic mass is 9.89. The summed E-state index contributed by atoms with van der Waals surface area (Å²) in [5.74, 6) is -0.580. The molecule has 0 aromatic heterocycles. The van der Waals surface area contributed by atoms with Crippen molar-refractivity contribution in [1.82, 2.24) is 4.90 Å². The lowest BCUT2D eigenvalue weighted by Crippen LogP contribution is -2.54. The SMILES string of the molecule is CC(C)(C)CC(O)CN1C(=O)C2CCC(O2)C1=O. The molecule has 0 spiro atoms. The Balaban J connectivity index is 2.00. The van der Waals surface area contributed by atoms with E-state index in [-0.39, 0.29) is 23.8 Å². The predicted octanol–water partition coefficient (Wildman–Crippen LogP) is 0.700. The molecule has 2 saturated heterocycles. The van der Waals surface area contributed by atoms with E-state index in [9.17, 15) is 14.7 Å². The second kappa shape index (κ2) is 4.63. The average Bonchev–Trinajstić information content (AvgIpc) is 2.66. The van der Waals surface area contributed by atoms with Crippen LogP contribution in [0.5, 0.6) is 0 Å². The van der Waals surface area contributed by atoms with E-state index in [0.29, 0.717) is 19.3 Å². The molecule has 0 saturated carbocycles. The summed E-state index contributed by atoms with van der Waals surface area (Å²) in [6, 6.07) is 0. The van der Waals surface area contributed by atoms with Crippen LogP contribution in [0.3, 0.4) is 0 Å². The third-order valence-corrected chi connectivity index (χ3v) is 3.34. The molecule has 2 aliphatic heterocycles. The Morgan fingerprint density at radius 2 is 1.78 bits per heavy atom. The van der Waals surface area contributed by atoms with E-state index in [4.69, 9.17) is 4.74 Å². The number of carbonyl (C=O) groups is 2. The van der Waals surface area contributed by atoms with Crippen LogP contribution >= 0.6 is 0 Å². The van der Waals surface area contributed by atoms with E-state index in [0.717, 1.165) is 0 Å². The molecule has 5 heteroatoms. The Morgan fingerprint density at radius 1 is 1.28 bits per heavy atom. The number of nitrogens with zero attached hydrogens (tertiary/aromatic N) is 1. The fourth-order valence-corrected chi connectivity index (χ4v) is 2.62. The van der Waals surface area contributed by atoms with E-state index >= 15 is 0 Å². The van der Waals surface area contributed by atoms with Gasteiger partial charge >= 0.3 is 0 Å². The van der Waals surface area contributed by atoms with E-state index in [2.05, 4.69) is 0 Å². The minimum Gasteiger partial charge on any atom is -0.391 e. The van der Waals surface area contributed by atoms with Gasteiger partial charge in [0.05, 0.1) is 12.6 Å². The molecule has 0 radical (unpaired) electrons. The monoisotopic (exact) mass is 255 g/mol. The number of fused-ring (bicyclic) bond motifs is 2. The van der Waals surface area contributed by atoms with Crippen LogP contribution in [0.2, 0.25) is 0 Å². The van der Waals surface area contributed by atoms with Crippen molar-refractivity contribution in [3.8, 4) is 0 Å². The summed E-state index contributed by atoms with van der Waals surface area (Å²) < 4.78 is 5.31. The minimum atomic E-state index is -0.671. The molecule has 2 heterocycles. The van der Waals surface area contributed by atoms with E-state index in [1.165, 1.54) is 4.90 Å². The molecule has 3 unspecified atom stereocenters. The van der Waals surface area contributed by atoms with Crippen molar-refractivity contribution in [2.24, 2.45) is 5.41 Å². The molecule has 18 heavy (non-hydrogen) atoms. The lowest BCUT2D eigenvalue weighted by molar-refractivity contribution is -0.170. The fraction of sp³-hybridized carbons (Fsp3) is 0.846. The first-order valence-corrected chi connectivity index (χ1v) is 6.47. The molecule has 0 aliphatic carbocycles. The van der Waals surface area contributed by atoms with Crippen molar-refractivity contribution < 1.29 is 19.4 Å². The van der Waals surface area contributed by atoms with Crippen molar-refractivity contribution in [2.45, 2.75) is 58.3 Å². The van der Waals surface area contributed by atoms with Crippen LogP contribution in [0, 0.1) is 5.41 Å². The lowest BCUT2D eigenvalue weighted by Gasteiger charge is -2.32. The summed E-state index contributed by atoms with van der Waals surface area (Å²) in [6.45, 7) is 6.14. The molecule has 5 nitrogen and oxygen atoms in total. The maximum Gasteiger partial charge on any atom is 0.258 e. The summed E-state index contributed by atoms with van der Waals surface area (Å²) in [6.07, 6.45) is 0.155. The summed E-state index contributed by atoms with van der Waals surface area (Å²) >= 11 is 0. The molecular weight excluding hydrogens is 234 g/mol. The van der Waals surface area contributed by atoms with Crippen LogP contribution in [0.25, 0.3) is 0 Å². The molecule has 3 atom stereocenters. The zero-order valence-corrected chi connectivity index (χ0v) is 11.2. The number of amides is 2. The second-order valence-corrected chi connectivity index (χ2v) is 6.40. The van der Waals surface area contributed by atoms with Crippen LogP contribution in [0.4, 0.5) is 0 Å². The van der Waals surface area contributed by atoms with Gasteiger partial charge in [-0.3, -0.25) is 14.5 Å². The normalized spacial score (nSPS) is 29.9. The van der Waals surface area contributed by atoms with Gasteiger partial charge in [-0.2, -0.15) is 0 Å². The first-order chi connectivity index (χ1) is 8.28. The summed E-state index contributed by atoms with van der Waals surface area (Å²) in [4.78, 5) is 25.1. The van der Waals surface area contributed by atoms with Crippen molar-refractivity contribution >= 4 is 11.8 Å². The number of morpholine rings is 1. The Labute approximate surface area is 107 Å². The first kappa shape index (κ1) is 13.5. The molecule has 2 fully saturated rings. The quantitative estimate of drug-likeness (QED) is 0.754. The van der Waals surface area contributed by atoms with Crippen molar-refractivity contribution in [1.29, 1.82) is 0 Å². The van der Waals surface area contributed by atoms with Gasteiger partial charge in [-0.1, -0.05) is 20.8 Å². The van der Waals surface area contributed by atoms with Crippen LogP contribution in [0.15, 0.2) is 0 Å². The standard InChI is InChI=1S/C13H21NO4/c1-13(2,3)6-8(15)7-14-11(16)9-4-5-10(18-9)12(14)17/h8-10,15H,4-7H2,1-3H3. The Kier molecular flexibility index (Phi) is 3.47. The highest BCUT2D eigenvalue weighted by molar-refractivity contribution is 6.02. The van der Waals surface area contributed by atoms with Crippen molar-refractivity contribution in [3.05, 3.63) is 0 Å². The number of likely N-dealkylation sites (tertiary alicyclic amines) is 1. The highest BCUT2D eigenvalue weighted by atomic mass is 16.5. The van der Waals surface area contributed by atoms with Gasteiger partial charge in [-0.15, -0.1) is 0 Å². The van der Waals surface area contributed by atoms with Gasteiger partial charge in [-0.05, 0) is 24.7 Å². The van der Waals surface area contributed by atoms with Crippen LogP contribution in [-0.2, 0) is 14.3 Å². The van der Waals surface area contributed by atoms with Gasteiger partial charge in [0, 0.05) is 0 Å². The maximum absolute atomic E-state index is 12.0. The van der Waals surface area contributed by atoms with Crippen LogP contribution < -0.4 is 0 Å². The topological polar surface area (TPSA) is 66.8 Å². The molecule has 102 valence electrons. The van der Waals surface area contributed by atoms with Gasteiger partial charge in [0.15, 0.2) is 0 Å². The maximum atomic E-state index is 12.0. The number of β-amino-alcohol motifs (C(OH)–C–C–N with tert-alkyl or cyclic N) is 1. The third-order valence-electron chi connectivity index (χ3n) is 3.34. The Bertz CT molecular complexity index is 338. The smallest absolute Gasteiger partial charge is 0.258 e. The van der Waals surface area contributed by atoms with E-state index < -0.39 is 18.3 Å². The number of aliphatic hydroxyl groups excluding tert-OH is 1. The van der Waals surface area contributed by atoms with Gasteiger partial charge in [0.2, 0.25) is 0 Å². The average molecular weight is 255 g/mol. The Hall–Kier alpha value is -0.940. The third kappa shape index (κ3) is 2.72. The summed E-state index contributed by atoms with van der Waals surface area (Å²) in [5.41, 5.74) is -0.0310. The van der Waals surface area contributed by atoms with Crippen LogP contribution in [-0.4, -0.2) is 46.7 Å². The van der Waals surface area contributed by atoms with E-state index in [1.54, 1.807) is 0 Å². The summed E-state index contributed by atoms with van der Waals surface area (Å²) in [5, 5.41) is 9.98. The van der Waals surface area contributed by atoms with Gasteiger partial charge in [0.25, 0.3) is 11.8 Å². The number of aliphatic hydroxyl groups is 1. The van der Waals surface area contributed by atoms with Gasteiger partial charge in [0.1, 0.15) is 12.2 Å². The number of imide groups is 1. The molecule has 2 amide bonds. The zero-order valence-electron chi connectivity index (χ0n) is 11.2. The number of hydrogen-bond acceptors (Lipinski definition) is 4. The largest absolute Gasteiger partial charge is 0.391 e. The Morgan fingerprint density at radius 3 is 2.22 bits per heavy atom. The molecule has 1 N–H and O–H groups in total. The molecule has 0 aromatic carbocycles. The van der Waals surface area contributed by atoms with Crippen molar-refractivity contribution in [3.63, 3.8) is 0 Å². The second-order valence-electron chi connectivity index (χ2n) is 6.40. The van der Waals surface area contributed by atoms with Crippen LogP contribution in [0.1, 0.15) is 40.0 Å². The minimum absolute atomic E-state index is 0.0310. The number of rotatable bonds is 3. The summed E-state index contributed by atoms with van der Waals surface area (Å²) in [7, 11) is 0. The number of hydrogen-bond donors (Lipinski definition) is 1. The first-order valence-electron chi connectivity index (χ1n) is 6.47. The number of carbonyl (C=O) groups excluding carboxylic acids is 2. The highest BCUT2D eigenvalue weighted by Gasteiger charge is 2.46. The number of ether oxygens (including phenoxy) is 1. The van der Waals surface area contributed by atoms with Crippen molar-refractivity contribution in [2.75, 3.05) is 6.54 Å². The molecule has 2 aliphatic rings. The van der Waals surface area contributed by atoms with Gasteiger partial charge in [-0.25, -0.2) is 0 Å². The molecular formula is C13H21NO4.